The van der Waals surface area contributed by atoms with Crippen LogP contribution in [0.5, 0.6) is 5.75 Å². The van der Waals surface area contributed by atoms with Crippen LogP contribution in [0.2, 0.25) is 0 Å². The second kappa shape index (κ2) is 5.34. The molecule has 4 aromatic heterocycles. The summed E-state index contributed by atoms with van der Waals surface area (Å²) in [4.78, 5) is 4.34. The standard InChI is InChI=1S/C16H12N8O2/c1-23-8-17-14(21-23)12-11(9-4-3-5-9)13(25-2)16-19-18-15(24(16)20-12)10-6-7-26-22-10/h3-8H,1-2H3. The van der Waals surface area contributed by atoms with Crippen LogP contribution >= 0.6 is 0 Å². The smallest absolute Gasteiger partial charge is 0.221 e. The molecule has 4 heterocycles. The number of rotatable bonds is 4. The van der Waals surface area contributed by atoms with Crippen LogP contribution in [0.25, 0.3) is 34.3 Å². The van der Waals surface area contributed by atoms with E-state index in [0.717, 1.165) is 11.1 Å². The number of hydrogen-bond acceptors (Lipinski definition) is 8. The van der Waals surface area contributed by atoms with E-state index in [1.54, 1.807) is 35.7 Å². The predicted molar refractivity (Wildman–Crippen MR) is 89.9 cm³/mol. The summed E-state index contributed by atoms with van der Waals surface area (Å²) in [5.74, 6) is 1.46. The normalized spacial score (nSPS) is 13.1. The largest absolute Gasteiger partial charge is 0.492 e. The van der Waals surface area contributed by atoms with Gasteiger partial charge >= 0.3 is 0 Å². The van der Waals surface area contributed by atoms with Crippen LogP contribution in [0.1, 0.15) is 5.56 Å². The molecule has 4 aromatic rings. The summed E-state index contributed by atoms with van der Waals surface area (Å²) < 4.78 is 13.8. The van der Waals surface area contributed by atoms with Crippen molar-refractivity contribution in [1.29, 1.82) is 0 Å². The van der Waals surface area contributed by atoms with Gasteiger partial charge in [-0.15, -0.1) is 15.3 Å². The number of allylic oxidation sites excluding steroid dienone is 4. The molecule has 26 heavy (non-hydrogen) atoms. The molecule has 5 rings (SSSR count). The molecule has 0 spiro atoms. The van der Waals surface area contributed by atoms with Gasteiger partial charge in [0.25, 0.3) is 0 Å². The lowest BCUT2D eigenvalue weighted by molar-refractivity contribution is 0.414. The number of aryl methyl sites for hydroxylation is 1. The zero-order chi connectivity index (χ0) is 17.7. The molecule has 0 unspecified atom stereocenters. The van der Waals surface area contributed by atoms with Crippen LogP contribution in [0.15, 0.2) is 41.4 Å². The molecule has 1 aliphatic rings. The molecular weight excluding hydrogens is 336 g/mol. The predicted octanol–water partition coefficient (Wildman–Crippen LogP) is 1.54. The quantitative estimate of drug-likeness (QED) is 0.546. The van der Waals surface area contributed by atoms with Gasteiger partial charge in [0.2, 0.25) is 17.3 Å². The topological polar surface area (TPSA) is 109 Å². The zero-order valence-electron chi connectivity index (χ0n) is 13.9. The third-order valence-electron chi connectivity index (χ3n) is 4.03. The van der Waals surface area contributed by atoms with Crippen molar-refractivity contribution in [3.05, 3.63) is 42.4 Å². The van der Waals surface area contributed by atoms with Crippen molar-refractivity contribution in [1.82, 2.24) is 39.7 Å². The van der Waals surface area contributed by atoms with Crippen LogP contribution in [-0.2, 0) is 7.05 Å². The van der Waals surface area contributed by atoms with Crippen molar-refractivity contribution in [2.24, 2.45) is 7.05 Å². The average Bonchev–Trinajstić information content (AvgIpc) is 3.31. The molecule has 0 bridgehead atoms. The molecule has 0 atom stereocenters. The maximum absolute atomic E-state index is 5.67. The van der Waals surface area contributed by atoms with Gasteiger partial charge in [-0.25, -0.2) is 4.98 Å². The first-order valence-corrected chi connectivity index (χ1v) is 7.75. The second-order valence-corrected chi connectivity index (χ2v) is 5.62. The SMILES string of the molecule is COc1c(C2=CC=C2)c(-c2ncn(C)n2)nn2c(-c3ccon3)nnc12. The summed E-state index contributed by atoms with van der Waals surface area (Å²) in [6.45, 7) is 0. The van der Waals surface area contributed by atoms with Gasteiger partial charge in [0.15, 0.2) is 11.4 Å². The molecule has 0 N–H and O–H groups in total. The van der Waals surface area contributed by atoms with Gasteiger partial charge in [0, 0.05) is 13.1 Å². The summed E-state index contributed by atoms with van der Waals surface area (Å²) in [6.07, 6.45) is 8.97. The molecular formula is C16H12N8O2. The highest BCUT2D eigenvalue weighted by Gasteiger charge is 2.26. The van der Waals surface area contributed by atoms with E-state index < -0.39 is 0 Å². The van der Waals surface area contributed by atoms with Crippen LogP contribution < -0.4 is 4.74 Å². The van der Waals surface area contributed by atoms with Gasteiger partial charge in [-0.1, -0.05) is 23.4 Å². The fraction of sp³-hybridized carbons (Fsp3) is 0.125. The summed E-state index contributed by atoms with van der Waals surface area (Å²) >= 11 is 0. The lowest BCUT2D eigenvalue weighted by atomic mass is 9.97. The molecule has 0 fully saturated rings. The molecule has 0 saturated carbocycles. The highest BCUT2D eigenvalue weighted by atomic mass is 16.5. The molecule has 10 heteroatoms. The van der Waals surface area contributed by atoms with E-state index in [4.69, 9.17) is 14.4 Å². The molecule has 10 nitrogen and oxygen atoms in total. The van der Waals surface area contributed by atoms with E-state index in [0.29, 0.717) is 34.4 Å². The van der Waals surface area contributed by atoms with E-state index in [2.05, 4.69) is 25.4 Å². The van der Waals surface area contributed by atoms with Crippen molar-refractivity contribution >= 4 is 11.2 Å². The minimum Gasteiger partial charge on any atom is -0.492 e. The maximum atomic E-state index is 5.67. The third-order valence-corrected chi connectivity index (χ3v) is 4.03. The van der Waals surface area contributed by atoms with Gasteiger partial charge < -0.3 is 9.26 Å². The van der Waals surface area contributed by atoms with E-state index in [1.165, 1.54) is 6.26 Å². The number of ether oxygens (including phenoxy) is 1. The second-order valence-electron chi connectivity index (χ2n) is 5.62. The molecule has 0 radical (unpaired) electrons. The minimum absolute atomic E-state index is 0.439. The van der Waals surface area contributed by atoms with Crippen LogP contribution in [0.4, 0.5) is 0 Å². The fourth-order valence-corrected chi connectivity index (χ4v) is 2.80. The van der Waals surface area contributed by atoms with E-state index >= 15 is 0 Å². The molecule has 1 aliphatic carbocycles. The summed E-state index contributed by atoms with van der Waals surface area (Å²) in [5, 5.41) is 21.4. The third kappa shape index (κ3) is 1.98. The Balaban J connectivity index is 1.86. The molecule has 0 amide bonds. The molecule has 0 aliphatic heterocycles. The number of methoxy groups -OCH3 is 1. The van der Waals surface area contributed by atoms with Crippen LogP contribution in [0, 0.1) is 0 Å². The highest BCUT2D eigenvalue weighted by molar-refractivity contribution is 5.92. The van der Waals surface area contributed by atoms with Gasteiger partial charge in [0.05, 0.1) is 12.7 Å². The van der Waals surface area contributed by atoms with E-state index in [1.807, 2.05) is 18.2 Å². The van der Waals surface area contributed by atoms with Crippen molar-refractivity contribution in [3.63, 3.8) is 0 Å². The van der Waals surface area contributed by atoms with Gasteiger partial charge in [-0.05, 0) is 5.57 Å². The Kier molecular flexibility index (Phi) is 2.98. The Morgan fingerprint density at radius 2 is 2.08 bits per heavy atom. The van der Waals surface area contributed by atoms with E-state index in [9.17, 15) is 0 Å². The zero-order valence-corrected chi connectivity index (χ0v) is 13.9. The van der Waals surface area contributed by atoms with Crippen molar-refractivity contribution < 1.29 is 9.26 Å². The minimum atomic E-state index is 0.439. The Hall–Kier alpha value is -3.82. The van der Waals surface area contributed by atoms with Gasteiger partial charge in [0.1, 0.15) is 18.3 Å². The van der Waals surface area contributed by atoms with Crippen LogP contribution in [0.3, 0.4) is 0 Å². The van der Waals surface area contributed by atoms with Crippen molar-refractivity contribution in [2.45, 2.75) is 0 Å². The van der Waals surface area contributed by atoms with Crippen molar-refractivity contribution in [3.8, 4) is 28.8 Å². The highest BCUT2D eigenvalue weighted by Crippen LogP contribution is 2.39. The number of nitrogens with zero attached hydrogens (tertiary/aromatic N) is 8. The average molecular weight is 348 g/mol. The maximum Gasteiger partial charge on any atom is 0.221 e. The summed E-state index contributed by atoms with van der Waals surface area (Å²) in [7, 11) is 3.38. The lowest BCUT2D eigenvalue weighted by Gasteiger charge is -2.15. The summed E-state index contributed by atoms with van der Waals surface area (Å²) in [5.41, 5.74) is 3.29. The Labute approximate surface area is 146 Å². The lowest BCUT2D eigenvalue weighted by Crippen LogP contribution is -2.07. The first-order chi connectivity index (χ1) is 12.8. The van der Waals surface area contributed by atoms with Crippen LogP contribution in [-0.4, -0.2) is 46.8 Å². The number of aromatic nitrogens is 8. The molecule has 0 saturated heterocycles. The Bertz CT molecular complexity index is 1180. The summed E-state index contributed by atoms with van der Waals surface area (Å²) in [6, 6.07) is 1.69. The first kappa shape index (κ1) is 14.5. The first-order valence-electron chi connectivity index (χ1n) is 7.75. The Morgan fingerprint density at radius 3 is 2.69 bits per heavy atom. The molecule has 0 aromatic carbocycles. The Morgan fingerprint density at radius 1 is 1.19 bits per heavy atom. The fourth-order valence-electron chi connectivity index (χ4n) is 2.80. The van der Waals surface area contributed by atoms with E-state index in [-0.39, 0.29) is 0 Å². The van der Waals surface area contributed by atoms with Gasteiger partial charge in [-0.2, -0.15) is 9.61 Å². The monoisotopic (exact) mass is 348 g/mol. The number of fused-ring (bicyclic) bond motifs is 1. The number of hydrogen-bond donors (Lipinski definition) is 0. The van der Waals surface area contributed by atoms with Gasteiger partial charge in [-0.3, -0.25) is 4.68 Å². The molecule has 128 valence electrons. The van der Waals surface area contributed by atoms with Crippen molar-refractivity contribution in [2.75, 3.05) is 7.11 Å².